The quantitative estimate of drug-likeness (QED) is 0.586. The first-order valence-electron chi connectivity index (χ1n) is 10.8. The molecule has 0 bridgehead atoms. The lowest BCUT2D eigenvalue weighted by atomic mass is 10.0. The predicted octanol–water partition coefficient (Wildman–Crippen LogP) is 4.48. The molecule has 162 valence electrons. The highest BCUT2D eigenvalue weighted by atomic mass is 35.5. The van der Waals surface area contributed by atoms with Crippen molar-refractivity contribution >= 4 is 17.5 Å². The molecule has 1 aliphatic heterocycles. The van der Waals surface area contributed by atoms with E-state index in [4.69, 9.17) is 21.7 Å². The van der Waals surface area contributed by atoms with Gasteiger partial charge in [-0.3, -0.25) is 9.48 Å². The number of fused-ring (bicyclic) bond motifs is 1. The van der Waals surface area contributed by atoms with E-state index in [1.807, 2.05) is 10.9 Å². The van der Waals surface area contributed by atoms with Crippen molar-refractivity contribution in [3.05, 3.63) is 57.8 Å². The summed E-state index contributed by atoms with van der Waals surface area (Å²) in [5, 5.41) is 4.86. The van der Waals surface area contributed by atoms with Crippen molar-refractivity contribution in [3.63, 3.8) is 0 Å². The predicted molar refractivity (Wildman–Crippen MR) is 116 cm³/mol. The van der Waals surface area contributed by atoms with Gasteiger partial charge in [0.25, 0.3) is 5.91 Å². The number of nitrogens with zero attached hydrogens (tertiary/aromatic N) is 5. The topological polar surface area (TPSA) is 56.0 Å². The molecular weight excluding hydrogens is 417 g/mol. The van der Waals surface area contributed by atoms with Gasteiger partial charge in [-0.1, -0.05) is 11.6 Å². The van der Waals surface area contributed by atoms with Gasteiger partial charge in [0, 0.05) is 54.8 Å². The second-order valence-corrected chi connectivity index (χ2v) is 8.88. The molecule has 1 amide bonds. The van der Waals surface area contributed by atoms with Gasteiger partial charge in [0.1, 0.15) is 11.5 Å². The fourth-order valence-corrected chi connectivity index (χ4v) is 4.54. The Morgan fingerprint density at radius 1 is 1.32 bits per heavy atom. The zero-order valence-corrected chi connectivity index (χ0v) is 18.5. The number of rotatable bonds is 5. The summed E-state index contributed by atoms with van der Waals surface area (Å²) in [6, 6.07) is 4.13. The van der Waals surface area contributed by atoms with Crippen LogP contribution in [0.1, 0.15) is 47.1 Å². The maximum Gasteiger partial charge on any atom is 0.254 e. The number of carbonyl (C=O) groups excluding carboxylic acids is 1. The Morgan fingerprint density at radius 2 is 2.13 bits per heavy atom. The molecule has 0 spiro atoms. The highest BCUT2D eigenvalue weighted by molar-refractivity contribution is 6.31. The Kier molecular flexibility index (Phi) is 5.08. The summed E-state index contributed by atoms with van der Waals surface area (Å²) in [6.07, 6.45) is 5.16. The first-order valence-corrected chi connectivity index (χ1v) is 11.2. The van der Waals surface area contributed by atoms with E-state index in [9.17, 15) is 9.18 Å². The first-order chi connectivity index (χ1) is 15.0. The number of halogens is 2. The Labute approximate surface area is 185 Å². The van der Waals surface area contributed by atoms with Crippen molar-refractivity contribution in [2.45, 2.75) is 52.7 Å². The molecule has 2 aromatic heterocycles. The van der Waals surface area contributed by atoms with Gasteiger partial charge in [-0.05, 0) is 50.8 Å². The van der Waals surface area contributed by atoms with Crippen molar-refractivity contribution in [3.8, 4) is 11.5 Å². The second-order valence-electron chi connectivity index (χ2n) is 8.47. The fourth-order valence-electron chi connectivity index (χ4n) is 4.36. The third kappa shape index (κ3) is 3.65. The Bertz CT molecular complexity index is 1160. The Morgan fingerprint density at radius 3 is 2.84 bits per heavy atom. The molecule has 0 atom stereocenters. The van der Waals surface area contributed by atoms with Crippen LogP contribution in [0.4, 0.5) is 4.39 Å². The normalized spacial score (nSPS) is 15.9. The minimum Gasteiger partial charge on any atom is -0.334 e. The molecule has 1 aliphatic carbocycles. The minimum absolute atomic E-state index is 0.0411. The highest BCUT2D eigenvalue weighted by Crippen LogP contribution is 2.35. The number of aryl methyl sites for hydroxylation is 2. The second kappa shape index (κ2) is 7.79. The zero-order chi connectivity index (χ0) is 21.7. The number of carbonyl (C=O) groups is 1. The van der Waals surface area contributed by atoms with E-state index < -0.39 is 5.82 Å². The molecule has 3 heterocycles. The lowest BCUT2D eigenvalue weighted by Gasteiger charge is -2.28. The lowest BCUT2D eigenvalue weighted by Crippen LogP contribution is -2.36. The van der Waals surface area contributed by atoms with E-state index in [0.29, 0.717) is 18.7 Å². The Balaban J connectivity index is 1.50. The maximum atomic E-state index is 13.5. The SMILES string of the molecule is CCn1nc(-c2ncc(C)n2CC2CC2)c2c1CCN(C(=O)c1ccc(F)c(Cl)c1)C2. The van der Waals surface area contributed by atoms with Crippen LogP contribution in [-0.2, 0) is 26.1 Å². The van der Waals surface area contributed by atoms with E-state index in [-0.39, 0.29) is 10.9 Å². The molecule has 0 N–H and O–H groups in total. The average molecular weight is 442 g/mol. The van der Waals surface area contributed by atoms with E-state index in [2.05, 4.69) is 18.4 Å². The van der Waals surface area contributed by atoms with Crippen LogP contribution < -0.4 is 0 Å². The summed E-state index contributed by atoms with van der Waals surface area (Å²) in [7, 11) is 0. The molecule has 1 aromatic carbocycles. The lowest BCUT2D eigenvalue weighted by molar-refractivity contribution is 0.0733. The molecule has 31 heavy (non-hydrogen) atoms. The first kappa shape index (κ1) is 20.2. The number of imidazole rings is 1. The highest BCUT2D eigenvalue weighted by Gasteiger charge is 2.31. The van der Waals surface area contributed by atoms with Gasteiger partial charge in [-0.25, -0.2) is 9.37 Å². The van der Waals surface area contributed by atoms with Crippen LogP contribution in [0.15, 0.2) is 24.4 Å². The van der Waals surface area contributed by atoms with Gasteiger partial charge in [0.05, 0.1) is 11.6 Å². The third-order valence-corrected chi connectivity index (χ3v) is 6.58. The van der Waals surface area contributed by atoms with Crippen molar-refractivity contribution in [1.29, 1.82) is 0 Å². The fraction of sp³-hybridized carbons (Fsp3) is 0.435. The van der Waals surface area contributed by atoms with Crippen LogP contribution in [0.2, 0.25) is 5.02 Å². The molecule has 8 heteroatoms. The number of benzene rings is 1. The van der Waals surface area contributed by atoms with E-state index in [0.717, 1.165) is 53.9 Å². The van der Waals surface area contributed by atoms with Crippen LogP contribution in [0.3, 0.4) is 0 Å². The average Bonchev–Trinajstić information content (AvgIpc) is 3.43. The molecular formula is C23H25ClFN5O. The van der Waals surface area contributed by atoms with Crippen molar-refractivity contribution in [2.24, 2.45) is 5.92 Å². The molecule has 1 saturated carbocycles. The summed E-state index contributed by atoms with van der Waals surface area (Å²) >= 11 is 5.90. The van der Waals surface area contributed by atoms with Gasteiger partial charge in [-0.15, -0.1) is 0 Å². The standard InChI is InChI=1S/C23H25ClFN5O/c1-3-30-20-8-9-28(23(31)16-6-7-19(25)18(24)10-16)13-17(20)21(27-30)22-26-11-14(2)29(22)12-15-4-5-15/h6-7,10-11,15H,3-5,8-9,12-13H2,1-2H3. The molecule has 0 unspecified atom stereocenters. The largest absolute Gasteiger partial charge is 0.334 e. The van der Waals surface area contributed by atoms with E-state index in [1.54, 1.807) is 4.90 Å². The smallest absolute Gasteiger partial charge is 0.254 e. The summed E-state index contributed by atoms with van der Waals surface area (Å²) in [5.41, 5.74) is 4.60. The van der Waals surface area contributed by atoms with Gasteiger partial charge < -0.3 is 9.47 Å². The van der Waals surface area contributed by atoms with Gasteiger partial charge in [0.2, 0.25) is 0 Å². The number of aromatic nitrogens is 4. The van der Waals surface area contributed by atoms with Crippen LogP contribution in [-0.4, -0.2) is 36.7 Å². The van der Waals surface area contributed by atoms with Crippen molar-refractivity contribution in [2.75, 3.05) is 6.54 Å². The monoisotopic (exact) mass is 441 g/mol. The molecule has 5 rings (SSSR count). The van der Waals surface area contributed by atoms with Gasteiger partial charge >= 0.3 is 0 Å². The molecule has 0 radical (unpaired) electrons. The summed E-state index contributed by atoms with van der Waals surface area (Å²) < 4.78 is 17.8. The van der Waals surface area contributed by atoms with Crippen molar-refractivity contribution in [1.82, 2.24) is 24.2 Å². The summed E-state index contributed by atoms with van der Waals surface area (Å²) in [5.74, 6) is 0.924. The number of hydrogen-bond acceptors (Lipinski definition) is 3. The van der Waals surface area contributed by atoms with Crippen LogP contribution in [0.5, 0.6) is 0 Å². The summed E-state index contributed by atoms with van der Waals surface area (Å²) in [4.78, 5) is 19.6. The molecule has 6 nitrogen and oxygen atoms in total. The number of hydrogen-bond donors (Lipinski definition) is 0. The molecule has 3 aromatic rings. The van der Waals surface area contributed by atoms with E-state index >= 15 is 0 Å². The van der Waals surface area contributed by atoms with Crippen LogP contribution >= 0.6 is 11.6 Å². The van der Waals surface area contributed by atoms with Crippen molar-refractivity contribution < 1.29 is 9.18 Å². The maximum absolute atomic E-state index is 13.5. The summed E-state index contributed by atoms with van der Waals surface area (Å²) in [6.45, 7) is 6.93. The molecule has 2 aliphatic rings. The number of amides is 1. The zero-order valence-electron chi connectivity index (χ0n) is 17.7. The molecule has 1 fully saturated rings. The van der Waals surface area contributed by atoms with Gasteiger partial charge in [-0.2, -0.15) is 5.10 Å². The molecule has 0 saturated heterocycles. The van der Waals surface area contributed by atoms with E-state index in [1.165, 1.54) is 31.0 Å². The third-order valence-electron chi connectivity index (χ3n) is 6.29. The Hall–Kier alpha value is -2.67. The van der Waals surface area contributed by atoms with Gasteiger partial charge in [0.15, 0.2) is 5.82 Å². The van der Waals surface area contributed by atoms with Crippen LogP contribution in [0, 0.1) is 18.7 Å². The minimum atomic E-state index is -0.525. The van der Waals surface area contributed by atoms with Crippen LogP contribution in [0.25, 0.3) is 11.5 Å².